The van der Waals surface area contributed by atoms with Gasteiger partial charge >= 0.3 is 0 Å². The average molecular weight is 1060 g/mol. The number of carbonyl (C=O) groups excluding carboxylic acids is 2. The van der Waals surface area contributed by atoms with Gasteiger partial charge in [-0.05, 0) is 99.9 Å². The Balaban J connectivity index is 0.000000201. The molecule has 0 spiro atoms. The predicted octanol–water partition coefficient (Wildman–Crippen LogP) is 9.16. The van der Waals surface area contributed by atoms with Crippen LogP contribution in [0, 0.1) is 57.8 Å². The van der Waals surface area contributed by atoms with Crippen molar-refractivity contribution in [3.8, 4) is 12.1 Å². The molecule has 4 aliphatic rings. The number of sulfone groups is 2. The summed E-state index contributed by atoms with van der Waals surface area (Å²) in [5.74, 6) is -6.58. The molecular weight excluding hydrogens is 1020 g/mol. The first-order chi connectivity index (χ1) is 32.1. The lowest BCUT2D eigenvalue weighted by Crippen LogP contribution is -2.42. The number of nitrogens with one attached hydrogen (secondary N) is 2. The molecule has 4 aromatic carbocycles. The minimum atomic E-state index is -3.93. The zero-order valence-corrected chi connectivity index (χ0v) is 40.1. The van der Waals surface area contributed by atoms with E-state index in [9.17, 15) is 54.5 Å². The van der Waals surface area contributed by atoms with Crippen LogP contribution < -0.4 is 10.6 Å². The summed E-state index contributed by atoms with van der Waals surface area (Å²) in [6, 6.07) is 19.8. The molecule has 4 fully saturated rings. The molecule has 0 aromatic heterocycles. The van der Waals surface area contributed by atoms with Gasteiger partial charge in [-0.25, -0.2) is 34.4 Å². The number of hydrogen-bond acceptors (Lipinski definition) is 10. The van der Waals surface area contributed by atoms with Crippen molar-refractivity contribution in [3.05, 3.63) is 127 Å². The standard InChI is InChI=1S/2C23H20Cl2F2N2O4S/c2*24-13-7-18(26)16(19(27)8-13)11-33-20-10-14(34(31,32)21-4-2-1-3-17(21)25)9-15(20)22(30)29-23(12-28)5-6-23/h2*1-4,7-8,14-15,20H,5-6,9-11H2,(H,29,30)/t2*14-,15-,20-/m10/s1. The highest BCUT2D eigenvalue weighted by atomic mass is 35.5. The number of benzene rings is 4. The summed E-state index contributed by atoms with van der Waals surface area (Å²) in [7, 11) is -7.86. The Hall–Kier alpha value is -4.50. The Morgan fingerprint density at radius 3 is 1.21 bits per heavy atom. The van der Waals surface area contributed by atoms with Crippen LogP contribution in [-0.2, 0) is 52.0 Å². The van der Waals surface area contributed by atoms with Crippen molar-refractivity contribution in [1.82, 2.24) is 10.6 Å². The van der Waals surface area contributed by atoms with E-state index in [-0.39, 0.29) is 66.7 Å². The van der Waals surface area contributed by atoms with Crippen LogP contribution in [0.5, 0.6) is 0 Å². The molecule has 0 heterocycles. The van der Waals surface area contributed by atoms with E-state index in [1.807, 2.05) is 0 Å². The summed E-state index contributed by atoms with van der Waals surface area (Å²) in [4.78, 5) is 25.9. The van der Waals surface area contributed by atoms with E-state index in [1.54, 1.807) is 24.3 Å². The van der Waals surface area contributed by atoms with Gasteiger partial charge in [-0.1, -0.05) is 70.7 Å². The van der Waals surface area contributed by atoms with Crippen molar-refractivity contribution >= 4 is 77.9 Å². The first-order valence-electron chi connectivity index (χ1n) is 21.1. The van der Waals surface area contributed by atoms with Gasteiger partial charge in [0.25, 0.3) is 0 Å². The smallest absolute Gasteiger partial charge is 0.227 e. The Morgan fingerprint density at radius 2 is 0.912 bits per heavy atom. The fourth-order valence-electron chi connectivity index (χ4n) is 8.28. The summed E-state index contributed by atoms with van der Waals surface area (Å²) in [5.41, 5.74) is -2.68. The van der Waals surface area contributed by atoms with E-state index >= 15 is 0 Å². The third kappa shape index (κ3) is 11.2. The quantitative estimate of drug-likeness (QED) is 0.115. The molecular formula is C46H40Cl4F4N4O8S2. The number of ether oxygens (including phenoxy) is 2. The highest BCUT2D eigenvalue weighted by molar-refractivity contribution is 7.92. The summed E-state index contributed by atoms with van der Waals surface area (Å²) in [6.45, 7) is -1.04. The molecule has 2 N–H and O–H groups in total. The van der Waals surface area contributed by atoms with Crippen LogP contribution in [0.25, 0.3) is 0 Å². The molecule has 360 valence electrons. The zero-order valence-electron chi connectivity index (χ0n) is 35.5. The molecule has 4 aromatic rings. The Kier molecular flexibility index (Phi) is 15.4. The number of carbonyl (C=O) groups is 2. The van der Waals surface area contributed by atoms with E-state index in [2.05, 4.69) is 22.8 Å². The number of rotatable bonds is 14. The second-order valence-electron chi connectivity index (χ2n) is 17.1. The Bertz CT molecular complexity index is 2710. The van der Waals surface area contributed by atoms with Crippen molar-refractivity contribution in [1.29, 1.82) is 10.5 Å². The lowest BCUT2D eigenvalue weighted by atomic mass is 10.0. The van der Waals surface area contributed by atoms with Gasteiger partial charge in [0.15, 0.2) is 19.7 Å². The molecule has 0 saturated heterocycles. The summed E-state index contributed by atoms with van der Waals surface area (Å²) >= 11 is 23.5. The van der Waals surface area contributed by atoms with E-state index < -0.39 is 114 Å². The summed E-state index contributed by atoms with van der Waals surface area (Å²) in [5, 5.41) is 21.8. The topological polar surface area (TPSA) is 193 Å². The Labute approximate surface area is 409 Å². The molecule has 68 heavy (non-hydrogen) atoms. The molecule has 22 heteroatoms. The second-order valence-corrected chi connectivity index (χ2v) is 23.2. The zero-order chi connectivity index (χ0) is 49.3. The van der Waals surface area contributed by atoms with Gasteiger partial charge < -0.3 is 20.1 Å². The average Bonchev–Trinajstić information content (AvgIpc) is 4.13. The number of nitrogens with zero attached hydrogens (tertiary/aromatic N) is 2. The van der Waals surface area contributed by atoms with Crippen LogP contribution in [0.15, 0.2) is 82.6 Å². The van der Waals surface area contributed by atoms with Crippen LogP contribution in [0.4, 0.5) is 17.6 Å². The normalized spacial score (nSPS) is 23.3. The van der Waals surface area contributed by atoms with Crippen LogP contribution in [-0.4, -0.2) is 62.4 Å². The highest BCUT2D eigenvalue weighted by Gasteiger charge is 2.52. The maximum absolute atomic E-state index is 14.2. The number of halogens is 8. The maximum atomic E-state index is 14.2. The van der Waals surface area contributed by atoms with Gasteiger partial charge in [0.1, 0.15) is 34.3 Å². The fraction of sp³-hybridized carbons (Fsp3) is 0.391. The lowest BCUT2D eigenvalue weighted by molar-refractivity contribution is -0.131. The van der Waals surface area contributed by atoms with Crippen molar-refractivity contribution < 1.29 is 53.5 Å². The lowest BCUT2D eigenvalue weighted by Gasteiger charge is -2.21. The highest BCUT2D eigenvalue weighted by Crippen LogP contribution is 2.43. The number of nitriles is 2. The van der Waals surface area contributed by atoms with Crippen LogP contribution >= 0.6 is 46.4 Å². The third-order valence-electron chi connectivity index (χ3n) is 12.5. The molecule has 4 aliphatic carbocycles. The third-order valence-corrected chi connectivity index (χ3v) is 18.3. The van der Waals surface area contributed by atoms with Gasteiger partial charge in [0.2, 0.25) is 11.8 Å². The molecule has 0 bridgehead atoms. The predicted molar refractivity (Wildman–Crippen MR) is 242 cm³/mol. The molecule has 4 saturated carbocycles. The fourth-order valence-corrected chi connectivity index (χ4v) is 13.3. The van der Waals surface area contributed by atoms with Gasteiger partial charge in [-0.3, -0.25) is 9.59 Å². The van der Waals surface area contributed by atoms with E-state index in [0.29, 0.717) is 25.7 Å². The van der Waals surface area contributed by atoms with Gasteiger partial charge in [-0.2, -0.15) is 10.5 Å². The number of amides is 2. The minimum Gasteiger partial charge on any atom is -0.372 e. The molecule has 0 aliphatic heterocycles. The summed E-state index contributed by atoms with van der Waals surface area (Å²) in [6.07, 6.45) is -0.256. The van der Waals surface area contributed by atoms with E-state index in [1.165, 1.54) is 24.3 Å². The maximum Gasteiger partial charge on any atom is 0.227 e. The van der Waals surface area contributed by atoms with Crippen molar-refractivity contribution in [2.24, 2.45) is 11.8 Å². The van der Waals surface area contributed by atoms with Gasteiger partial charge in [0.05, 0.1) is 79.7 Å². The molecule has 8 rings (SSSR count). The van der Waals surface area contributed by atoms with Crippen molar-refractivity contribution in [2.45, 2.75) is 108 Å². The van der Waals surface area contributed by atoms with E-state index in [4.69, 9.17) is 55.9 Å². The molecule has 6 atom stereocenters. The molecule has 2 amide bonds. The van der Waals surface area contributed by atoms with Crippen LogP contribution in [0.2, 0.25) is 20.1 Å². The first-order valence-corrected chi connectivity index (χ1v) is 25.7. The van der Waals surface area contributed by atoms with E-state index in [0.717, 1.165) is 24.3 Å². The van der Waals surface area contributed by atoms with Gasteiger partial charge in [0, 0.05) is 21.2 Å². The molecule has 0 radical (unpaired) electrons. The largest absolute Gasteiger partial charge is 0.372 e. The monoisotopic (exact) mass is 1060 g/mol. The number of hydrogen-bond donors (Lipinski definition) is 2. The SMILES string of the molecule is N#CC1(NC(=O)[C@@H]2C[C@@H](S(=O)(=O)c3ccccc3Cl)C[C@H]2OCc2c(F)cc(Cl)cc2F)CC1.N#CC1(NC(=O)[C@H]2C[C@H](S(=O)(=O)c3ccccc3Cl)C[C@@H]2OCc2c(F)cc(Cl)cc2F)CC1. The Morgan fingerprint density at radius 1 is 0.588 bits per heavy atom. The van der Waals surface area contributed by atoms with Crippen LogP contribution in [0.3, 0.4) is 0 Å². The minimum absolute atomic E-state index is 0.0552. The first kappa shape index (κ1) is 51.4. The molecule has 12 nitrogen and oxygen atoms in total. The van der Waals surface area contributed by atoms with Crippen LogP contribution in [0.1, 0.15) is 62.5 Å². The summed E-state index contributed by atoms with van der Waals surface area (Å²) < 4.78 is 121. The van der Waals surface area contributed by atoms with Gasteiger partial charge in [-0.15, -0.1) is 0 Å². The van der Waals surface area contributed by atoms with Crippen molar-refractivity contribution in [2.75, 3.05) is 0 Å². The van der Waals surface area contributed by atoms with Crippen molar-refractivity contribution in [3.63, 3.8) is 0 Å². The molecule has 0 unspecified atom stereocenters. The second kappa shape index (κ2) is 20.5.